The molecule has 5 rings (SSSR count). The third-order valence-corrected chi connectivity index (χ3v) is 9.81. The minimum absolute atomic E-state index is 0.0533. The monoisotopic (exact) mass is 525 g/mol. The van der Waals surface area contributed by atoms with E-state index < -0.39 is 0 Å². The Morgan fingerprint density at radius 1 is 1.03 bits per heavy atom. The van der Waals surface area contributed by atoms with Crippen LogP contribution in [0, 0.1) is 12.3 Å². The number of amides is 2. The molecule has 38 heavy (non-hydrogen) atoms. The maximum atomic E-state index is 13.1. The SMILES string of the molecule is CCOC(=O)C1(CC)CCC(N2CC3(CCN(Cc4cc(OCC)c(C)cc4C4CC4)CC3)NC2=O)CC1. The van der Waals surface area contributed by atoms with Crippen LogP contribution < -0.4 is 10.1 Å². The number of benzene rings is 1. The highest BCUT2D eigenvalue weighted by molar-refractivity contribution is 5.79. The lowest BCUT2D eigenvalue weighted by molar-refractivity contribution is -0.158. The van der Waals surface area contributed by atoms with Crippen molar-refractivity contribution in [2.45, 2.75) is 110 Å². The quantitative estimate of drug-likeness (QED) is 0.429. The first-order chi connectivity index (χ1) is 18.3. The fourth-order valence-electron chi connectivity index (χ4n) is 7.12. The number of nitrogens with one attached hydrogen (secondary N) is 1. The summed E-state index contributed by atoms with van der Waals surface area (Å²) in [4.78, 5) is 30.4. The number of carbonyl (C=O) groups is 2. The Labute approximate surface area is 228 Å². The van der Waals surface area contributed by atoms with Crippen LogP contribution in [0.5, 0.6) is 5.75 Å². The lowest BCUT2D eigenvalue weighted by atomic mass is 9.70. The van der Waals surface area contributed by atoms with E-state index in [0.717, 1.165) is 76.9 Å². The molecular weight excluding hydrogens is 478 g/mol. The molecule has 1 N–H and O–H groups in total. The first-order valence-electron chi connectivity index (χ1n) is 15.1. The highest BCUT2D eigenvalue weighted by atomic mass is 16.5. The van der Waals surface area contributed by atoms with Crippen LogP contribution in [0.15, 0.2) is 12.1 Å². The van der Waals surface area contributed by atoms with Crippen molar-refractivity contribution in [1.29, 1.82) is 0 Å². The van der Waals surface area contributed by atoms with Gasteiger partial charge in [-0.3, -0.25) is 9.69 Å². The van der Waals surface area contributed by atoms with Gasteiger partial charge in [-0.1, -0.05) is 13.0 Å². The minimum Gasteiger partial charge on any atom is -0.494 e. The van der Waals surface area contributed by atoms with Gasteiger partial charge in [-0.15, -0.1) is 0 Å². The molecule has 0 unspecified atom stereocenters. The zero-order valence-corrected chi connectivity index (χ0v) is 23.9. The van der Waals surface area contributed by atoms with Gasteiger partial charge in [0, 0.05) is 32.2 Å². The summed E-state index contributed by atoms with van der Waals surface area (Å²) in [6.07, 6.45) is 8.72. The second kappa shape index (κ2) is 11.1. The molecular formula is C31H47N3O4. The first-order valence-corrected chi connectivity index (χ1v) is 15.1. The van der Waals surface area contributed by atoms with Crippen LogP contribution in [0.1, 0.15) is 101 Å². The van der Waals surface area contributed by atoms with Crippen molar-refractivity contribution in [3.63, 3.8) is 0 Å². The summed E-state index contributed by atoms with van der Waals surface area (Å²) in [5.41, 5.74) is 3.66. The molecule has 7 heteroatoms. The molecule has 0 atom stereocenters. The Kier molecular flexibility index (Phi) is 7.95. The molecule has 2 aliphatic carbocycles. The number of esters is 1. The van der Waals surface area contributed by atoms with E-state index in [4.69, 9.17) is 9.47 Å². The second-order valence-electron chi connectivity index (χ2n) is 12.2. The summed E-state index contributed by atoms with van der Waals surface area (Å²) < 4.78 is 11.3. The topological polar surface area (TPSA) is 71.1 Å². The summed E-state index contributed by atoms with van der Waals surface area (Å²) in [5.74, 6) is 1.67. The van der Waals surface area contributed by atoms with Crippen LogP contribution >= 0.6 is 0 Å². The number of likely N-dealkylation sites (tertiary alicyclic amines) is 1. The van der Waals surface area contributed by atoms with Crippen molar-refractivity contribution in [2.24, 2.45) is 5.41 Å². The molecule has 0 bridgehead atoms. The van der Waals surface area contributed by atoms with Gasteiger partial charge in [-0.05, 0) is 107 Å². The summed E-state index contributed by atoms with van der Waals surface area (Å²) in [6, 6.07) is 4.94. The van der Waals surface area contributed by atoms with Gasteiger partial charge < -0.3 is 19.7 Å². The smallest absolute Gasteiger partial charge is 0.318 e. The molecule has 2 saturated heterocycles. The number of carbonyl (C=O) groups excluding carboxylic acids is 2. The van der Waals surface area contributed by atoms with E-state index in [2.05, 4.69) is 41.1 Å². The number of rotatable bonds is 9. The summed E-state index contributed by atoms with van der Waals surface area (Å²) in [6.45, 7) is 13.0. The molecule has 2 aliphatic heterocycles. The lowest BCUT2D eigenvalue weighted by Crippen LogP contribution is -2.52. The molecule has 0 aromatic heterocycles. The van der Waals surface area contributed by atoms with Crippen LogP contribution in [0.2, 0.25) is 0 Å². The molecule has 2 saturated carbocycles. The normalized spacial score (nSPS) is 27.4. The first kappa shape index (κ1) is 27.3. The number of piperidine rings is 1. The van der Waals surface area contributed by atoms with Gasteiger partial charge in [0.15, 0.2) is 0 Å². The molecule has 2 amide bonds. The largest absolute Gasteiger partial charge is 0.494 e. The van der Waals surface area contributed by atoms with E-state index in [9.17, 15) is 9.59 Å². The van der Waals surface area contributed by atoms with E-state index in [0.29, 0.717) is 19.1 Å². The highest BCUT2D eigenvalue weighted by Gasteiger charge is 2.49. The molecule has 0 radical (unpaired) electrons. The van der Waals surface area contributed by atoms with Gasteiger partial charge in [0.05, 0.1) is 24.2 Å². The van der Waals surface area contributed by atoms with Crippen LogP contribution in [-0.2, 0) is 16.1 Å². The van der Waals surface area contributed by atoms with E-state index in [-0.39, 0.29) is 29.0 Å². The summed E-state index contributed by atoms with van der Waals surface area (Å²) in [5, 5.41) is 3.40. The van der Waals surface area contributed by atoms with Crippen LogP contribution in [-0.4, -0.2) is 66.2 Å². The lowest BCUT2D eigenvalue weighted by Gasteiger charge is -2.41. The zero-order valence-electron chi connectivity index (χ0n) is 23.9. The Hall–Kier alpha value is -2.28. The molecule has 1 aromatic carbocycles. The van der Waals surface area contributed by atoms with Crippen molar-refractivity contribution >= 4 is 12.0 Å². The van der Waals surface area contributed by atoms with E-state index >= 15 is 0 Å². The number of ether oxygens (including phenoxy) is 2. The highest BCUT2D eigenvalue weighted by Crippen LogP contribution is 2.45. The third-order valence-electron chi connectivity index (χ3n) is 9.81. The number of aryl methyl sites for hydroxylation is 1. The van der Waals surface area contributed by atoms with Crippen molar-refractivity contribution < 1.29 is 19.1 Å². The maximum Gasteiger partial charge on any atom is 0.318 e. The Bertz CT molecular complexity index is 1020. The van der Waals surface area contributed by atoms with Gasteiger partial charge >= 0.3 is 12.0 Å². The van der Waals surface area contributed by atoms with E-state index in [1.54, 1.807) is 0 Å². The minimum atomic E-state index is -0.372. The molecule has 7 nitrogen and oxygen atoms in total. The van der Waals surface area contributed by atoms with Crippen LogP contribution in [0.4, 0.5) is 4.79 Å². The van der Waals surface area contributed by atoms with Gasteiger partial charge in [0.2, 0.25) is 0 Å². The van der Waals surface area contributed by atoms with E-state index in [1.165, 1.54) is 29.5 Å². The van der Waals surface area contributed by atoms with Crippen molar-refractivity contribution in [3.8, 4) is 5.75 Å². The number of hydrogen-bond donors (Lipinski definition) is 1. The average molecular weight is 526 g/mol. The van der Waals surface area contributed by atoms with Crippen LogP contribution in [0.3, 0.4) is 0 Å². The fraction of sp³-hybridized carbons (Fsp3) is 0.742. The van der Waals surface area contributed by atoms with Gasteiger partial charge in [-0.25, -0.2) is 4.79 Å². The van der Waals surface area contributed by atoms with Gasteiger partial charge in [-0.2, -0.15) is 0 Å². The molecule has 1 spiro atoms. The van der Waals surface area contributed by atoms with Crippen LogP contribution in [0.25, 0.3) is 0 Å². The number of urea groups is 1. The molecule has 4 aliphatic rings. The molecule has 1 aromatic rings. The third kappa shape index (κ3) is 5.41. The number of nitrogens with zero attached hydrogens (tertiary/aromatic N) is 2. The number of hydrogen-bond acceptors (Lipinski definition) is 5. The zero-order chi connectivity index (χ0) is 26.9. The molecule has 210 valence electrons. The second-order valence-corrected chi connectivity index (χ2v) is 12.2. The molecule has 4 fully saturated rings. The van der Waals surface area contributed by atoms with E-state index in [1.807, 2.05) is 13.8 Å². The Balaban J connectivity index is 1.18. The maximum absolute atomic E-state index is 13.1. The van der Waals surface area contributed by atoms with Gasteiger partial charge in [0.25, 0.3) is 0 Å². The predicted octanol–water partition coefficient (Wildman–Crippen LogP) is 5.53. The van der Waals surface area contributed by atoms with Crippen molar-refractivity contribution in [3.05, 3.63) is 28.8 Å². The predicted molar refractivity (Wildman–Crippen MR) is 148 cm³/mol. The summed E-state index contributed by atoms with van der Waals surface area (Å²) >= 11 is 0. The van der Waals surface area contributed by atoms with Crippen molar-refractivity contribution in [2.75, 3.05) is 32.8 Å². The Morgan fingerprint density at radius 3 is 2.34 bits per heavy atom. The standard InChI is InChI=1S/C31H47N3O4/c1-5-30(28(35)38-7-3)12-10-25(11-13-30)34-21-31(32-29(34)36)14-16-33(17-15-31)20-24-19-27(37-6-2)22(4)18-26(24)23-8-9-23/h18-19,23,25H,5-17,20-21H2,1-4H3,(H,32,36). The average Bonchev–Trinajstić information content (AvgIpc) is 3.71. The summed E-state index contributed by atoms with van der Waals surface area (Å²) in [7, 11) is 0. The molecule has 2 heterocycles. The fourth-order valence-corrected chi connectivity index (χ4v) is 7.12. The van der Waals surface area contributed by atoms with Gasteiger partial charge in [0.1, 0.15) is 5.75 Å². The Morgan fingerprint density at radius 2 is 1.74 bits per heavy atom. The van der Waals surface area contributed by atoms with Crippen molar-refractivity contribution in [1.82, 2.24) is 15.1 Å².